The fourth-order valence-corrected chi connectivity index (χ4v) is 1.26. The summed E-state index contributed by atoms with van der Waals surface area (Å²) < 4.78 is 18.6. The maximum absolute atomic E-state index is 13.2. The van der Waals surface area contributed by atoms with E-state index in [2.05, 4.69) is 20.9 Å². The fourth-order valence-electron chi connectivity index (χ4n) is 0.956. The largest absolute Gasteiger partial charge is 0.383 e. The van der Waals surface area contributed by atoms with Crippen LogP contribution in [0.15, 0.2) is 16.7 Å². The van der Waals surface area contributed by atoms with Gasteiger partial charge in [-0.25, -0.2) is 4.39 Å². The summed E-state index contributed by atoms with van der Waals surface area (Å²) in [4.78, 5) is 3.87. The maximum Gasteiger partial charge on any atom is 0.147 e. The summed E-state index contributed by atoms with van der Waals surface area (Å²) in [5.41, 5.74) is 5.84. The van der Waals surface area contributed by atoms with Gasteiger partial charge in [0.15, 0.2) is 0 Å². The van der Waals surface area contributed by atoms with Gasteiger partial charge in [0, 0.05) is 17.8 Å². The number of aromatic nitrogens is 1. The zero-order valence-corrected chi connectivity index (χ0v) is 8.71. The lowest BCUT2D eigenvalue weighted by molar-refractivity contribution is 0.178. The van der Waals surface area contributed by atoms with Crippen molar-refractivity contribution < 1.29 is 9.13 Å². The number of halogens is 2. The van der Waals surface area contributed by atoms with Crippen molar-refractivity contribution in [3.05, 3.63) is 28.2 Å². The van der Waals surface area contributed by atoms with Gasteiger partial charge in [-0.3, -0.25) is 4.98 Å². The molecule has 0 bridgehead atoms. The van der Waals surface area contributed by atoms with E-state index in [1.54, 1.807) is 0 Å². The first-order chi connectivity index (χ1) is 6.15. The van der Waals surface area contributed by atoms with Crippen molar-refractivity contribution in [2.75, 3.05) is 13.7 Å². The van der Waals surface area contributed by atoms with Crippen LogP contribution in [0.25, 0.3) is 0 Å². The zero-order valence-electron chi connectivity index (χ0n) is 7.13. The Bertz CT molecular complexity index is 295. The van der Waals surface area contributed by atoms with Crippen LogP contribution in [-0.4, -0.2) is 18.7 Å². The molecule has 1 heterocycles. The molecule has 0 amide bonds. The number of pyridine rings is 1. The summed E-state index contributed by atoms with van der Waals surface area (Å²) >= 11 is 3.11. The molecule has 5 heteroatoms. The molecule has 0 aliphatic heterocycles. The third-order valence-electron chi connectivity index (χ3n) is 1.53. The molecule has 0 saturated heterocycles. The van der Waals surface area contributed by atoms with E-state index in [1.165, 1.54) is 19.4 Å². The molecule has 0 aliphatic carbocycles. The Labute approximate surface area is 84.2 Å². The number of hydrogen-bond acceptors (Lipinski definition) is 3. The molecule has 2 N–H and O–H groups in total. The first-order valence-corrected chi connectivity index (χ1v) is 4.50. The summed E-state index contributed by atoms with van der Waals surface area (Å²) in [6, 6.07) is 0.816. The number of nitrogens with zero attached hydrogens (tertiary/aromatic N) is 1. The third-order valence-corrected chi connectivity index (χ3v) is 1.97. The van der Waals surface area contributed by atoms with Gasteiger partial charge in [-0.2, -0.15) is 0 Å². The Balaban J connectivity index is 2.88. The van der Waals surface area contributed by atoms with Gasteiger partial charge in [0.1, 0.15) is 5.82 Å². The van der Waals surface area contributed by atoms with Gasteiger partial charge in [-0.15, -0.1) is 0 Å². The van der Waals surface area contributed by atoms with Gasteiger partial charge in [0.05, 0.1) is 18.3 Å². The minimum atomic E-state index is -0.516. The van der Waals surface area contributed by atoms with Crippen molar-refractivity contribution in [2.45, 2.75) is 6.04 Å². The van der Waals surface area contributed by atoms with Crippen LogP contribution in [-0.2, 0) is 4.74 Å². The minimum absolute atomic E-state index is 0.227. The number of rotatable bonds is 3. The number of ether oxygens (including phenoxy) is 1. The van der Waals surface area contributed by atoms with E-state index in [9.17, 15) is 4.39 Å². The highest BCUT2D eigenvalue weighted by Gasteiger charge is 2.12. The lowest BCUT2D eigenvalue weighted by Crippen LogP contribution is -2.19. The molecule has 1 atom stereocenters. The van der Waals surface area contributed by atoms with E-state index in [-0.39, 0.29) is 12.3 Å². The zero-order chi connectivity index (χ0) is 9.84. The molecule has 0 radical (unpaired) electrons. The van der Waals surface area contributed by atoms with Crippen LogP contribution in [0.5, 0.6) is 0 Å². The third kappa shape index (κ3) is 2.72. The predicted molar refractivity (Wildman–Crippen MR) is 50.7 cm³/mol. The number of hydrogen-bond donors (Lipinski definition) is 1. The Morgan fingerprint density at radius 1 is 1.77 bits per heavy atom. The summed E-state index contributed by atoms with van der Waals surface area (Å²) in [5, 5.41) is 0. The summed E-state index contributed by atoms with van der Waals surface area (Å²) in [6.07, 6.45) is 1.51. The van der Waals surface area contributed by atoms with E-state index in [4.69, 9.17) is 10.5 Å². The van der Waals surface area contributed by atoms with Crippen LogP contribution in [0, 0.1) is 5.82 Å². The summed E-state index contributed by atoms with van der Waals surface area (Å²) in [5.74, 6) is -0.418. The van der Waals surface area contributed by atoms with Gasteiger partial charge in [0.2, 0.25) is 0 Å². The Kier molecular flexibility index (Phi) is 3.77. The second-order valence-corrected chi connectivity index (χ2v) is 3.50. The van der Waals surface area contributed by atoms with Crippen molar-refractivity contribution in [3.63, 3.8) is 0 Å². The lowest BCUT2D eigenvalue weighted by atomic mass is 10.2. The highest BCUT2D eigenvalue weighted by atomic mass is 79.9. The Morgan fingerprint density at radius 2 is 2.46 bits per heavy atom. The molecule has 72 valence electrons. The van der Waals surface area contributed by atoms with Crippen molar-refractivity contribution in [3.8, 4) is 0 Å². The molecular formula is C8H10BrFN2O. The normalized spacial score (nSPS) is 12.9. The van der Waals surface area contributed by atoms with Crippen LogP contribution in [0.2, 0.25) is 0 Å². The first-order valence-electron chi connectivity index (χ1n) is 3.70. The van der Waals surface area contributed by atoms with Gasteiger partial charge in [0.25, 0.3) is 0 Å². The standard InChI is InChI=1S/C8H10BrFN2O/c1-13-4-7(11)8-6(10)2-5(9)3-12-8/h2-3,7H,4,11H2,1H3/t7-/m1/s1. The molecule has 1 rings (SSSR count). The lowest BCUT2D eigenvalue weighted by Gasteiger charge is -2.10. The molecule has 0 unspecified atom stereocenters. The molecular weight excluding hydrogens is 239 g/mol. The van der Waals surface area contributed by atoms with E-state index in [1.807, 2.05) is 0 Å². The van der Waals surface area contributed by atoms with E-state index < -0.39 is 11.9 Å². The number of nitrogens with two attached hydrogens (primary N) is 1. The monoisotopic (exact) mass is 248 g/mol. The maximum atomic E-state index is 13.2. The minimum Gasteiger partial charge on any atom is -0.383 e. The highest BCUT2D eigenvalue weighted by Crippen LogP contribution is 2.16. The molecule has 13 heavy (non-hydrogen) atoms. The van der Waals surface area contributed by atoms with Gasteiger partial charge in [-0.05, 0) is 22.0 Å². The molecule has 3 nitrogen and oxygen atoms in total. The number of methoxy groups -OCH3 is 1. The van der Waals surface area contributed by atoms with Gasteiger partial charge >= 0.3 is 0 Å². The van der Waals surface area contributed by atoms with Crippen LogP contribution in [0.4, 0.5) is 4.39 Å². The molecule has 0 aliphatic rings. The van der Waals surface area contributed by atoms with Crippen molar-refractivity contribution in [2.24, 2.45) is 5.73 Å². The van der Waals surface area contributed by atoms with Crippen molar-refractivity contribution in [1.82, 2.24) is 4.98 Å². The van der Waals surface area contributed by atoms with Gasteiger partial charge < -0.3 is 10.5 Å². The topological polar surface area (TPSA) is 48.1 Å². The fraction of sp³-hybridized carbons (Fsp3) is 0.375. The second kappa shape index (κ2) is 4.64. The van der Waals surface area contributed by atoms with Crippen LogP contribution in [0.3, 0.4) is 0 Å². The molecule has 0 saturated carbocycles. The molecule has 0 fully saturated rings. The van der Waals surface area contributed by atoms with Crippen LogP contribution in [0.1, 0.15) is 11.7 Å². The molecule has 1 aromatic rings. The molecule has 0 spiro atoms. The van der Waals surface area contributed by atoms with Crippen LogP contribution >= 0.6 is 15.9 Å². The Hall–Kier alpha value is -0.520. The van der Waals surface area contributed by atoms with Gasteiger partial charge in [-0.1, -0.05) is 0 Å². The Morgan fingerprint density at radius 3 is 3.00 bits per heavy atom. The second-order valence-electron chi connectivity index (χ2n) is 2.58. The summed E-state index contributed by atoms with van der Waals surface area (Å²) in [6.45, 7) is 0.256. The summed E-state index contributed by atoms with van der Waals surface area (Å²) in [7, 11) is 1.51. The van der Waals surface area contributed by atoms with E-state index in [0.29, 0.717) is 4.47 Å². The molecule has 0 aromatic carbocycles. The highest BCUT2D eigenvalue weighted by molar-refractivity contribution is 9.10. The predicted octanol–water partition coefficient (Wildman–Crippen LogP) is 1.63. The van der Waals surface area contributed by atoms with Crippen molar-refractivity contribution >= 4 is 15.9 Å². The first kappa shape index (κ1) is 10.6. The average Bonchev–Trinajstić information content (AvgIpc) is 2.04. The molecule has 1 aromatic heterocycles. The average molecular weight is 249 g/mol. The van der Waals surface area contributed by atoms with E-state index >= 15 is 0 Å². The van der Waals surface area contributed by atoms with Crippen molar-refractivity contribution in [1.29, 1.82) is 0 Å². The SMILES string of the molecule is COC[C@@H](N)c1ncc(Br)cc1F. The quantitative estimate of drug-likeness (QED) is 0.885. The van der Waals surface area contributed by atoms with Crippen LogP contribution < -0.4 is 5.73 Å². The smallest absolute Gasteiger partial charge is 0.147 e. The van der Waals surface area contributed by atoms with E-state index in [0.717, 1.165) is 0 Å².